The lowest BCUT2D eigenvalue weighted by Gasteiger charge is -2.36. The van der Waals surface area contributed by atoms with Gasteiger partial charge in [-0.25, -0.2) is 4.98 Å². The fraction of sp³-hybridized carbons (Fsp3) is 0.400. The van der Waals surface area contributed by atoms with Gasteiger partial charge in [-0.15, -0.1) is 0 Å². The molecule has 268 valence electrons. The third-order valence-corrected chi connectivity index (χ3v) is 9.64. The number of nitrogens with one attached hydrogen (secondary N) is 2. The normalized spacial score (nSPS) is 14.7. The molecule has 2 N–H and O–H groups in total. The fourth-order valence-electron chi connectivity index (χ4n) is 6.71. The van der Waals surface area contributed by atoms with Crippen molar-refractivity contribution in [2.24, 2.45) is 0 Å². The highest BCUT2D eigenvalue weighted by atomic mass is 16.5. The van der Waals surface area contributed by atoms with Crippen LogP contribution in [0, 0.1) is 13.8 Å². The molecule has 0 spiro atoms. The smallest absolute Gasteiger partial charge is 0.262 e. The van der Waals surface area contributed by atoms with Crippen molar-refractivity contribution in [1.29, 1.82) is 0 Å². The summed E-state index contributed by atoms with van der Waals surface area (Å²) in [5.74, 6) is 1.00. The van der Waals surface area contributed by atoms with Gasteiger partial charge in [0.05, 0.1) is 7.11 Å². The van der Waals surface area contributed by atoms with E-state index in [1.165, 1.54) is 18.3 Å². The molecule has 3 heterocycles. The van der Waals surface area contributed by atoms with Crippen molar-refractivity contribution < 1.29 is 19.1 Å². The van der Waals surface area contributed by atoms with Gasteiger partial charge < -0.3 is 29.9 Å². The molecule has 4 aromatic rings. The Labute approximate surface area is 301 Å². The molecule has 6 rings (SSSR count). The van der Waals surface area contributed by atoms with Gasteiger partial charge >= 0.3 is 0 Å². The quantitative estimate of drug-likeness (QED) is 0.153. The molecule has 0 saturated carbocycles. The highest BCUT2D eigenvalue weighted by Gasteiger charge is 2.22. The fourth-order valence-corrected chi connectivity index (χ4v) is 6.71. The molecular formula is C40H49N7O4. The number of anilines is 4. The Balaban J connectivity index is 1.21. The van der Waals surface area contributed by atoms with E-state index in [2.05, 4.69) is 49.5 Å². The number of piperazine rings is 1. The number of methoxy groups -OCH3 is 1. The van der Waals surface area contributed by atoms with Crippen molar-refractivity contribution in [3.63, 3.8) is 0 Å². The summed E-state index contributed by atoms with van der Waals surface area (Å²) in [5, 5.41) is 6.31. The van der Waals surface area contributed by atoms with Crippen LogP contribution >= 0.6 is 0 Å². The molecule has 0 unspecified atom stereocenters. The largest absolute Gasteiger partial charge is 0.493 e. The van der Waals surface area contributed by atoms with Crippen molar-refractivity contribution in [2.75, 3.05) is 68.5 Å². The number of hydrogen-bond donors (Lipinski definition) is 2. The van der Waals surface area contributed by atoms with Gasteiger partial charge in [-0.1, -0.05) is 31.2 Å². The molecule has 51 heavy (non-hydrogen) atoms. The van der Waals surface area contributed by atoms with Crippen LogP contribution in [-0.4, -0.2) is 84.5 Å². The summed E-state index contributed by atoms with van der Waals surface area (Å²) in [4.78, 5) is 42.4. The predicted octanol–water partition coefficient (Wildman–Crippen LogP) is 6.98. The van der Waals surface area contributed by atoms with Gasteiger partial charge in [0.2, 0.25) is 17.7 Å². The molecule has 2 aliphatic rings. The third kappa shape index (κ3) is 8.96. The van der Waals surface area contributed by atoms with Crippen LogP contribution in [0.4, 0.5) is 23.0 Å². The number of nitrogens with zero attached hydrogens (tertiary/aromatic N) is 5. The van der Waals surface area contributed by atoms with Gasteiger partial charge in [0.15, 0.2) is 11.5 Å². The van der Waals surface area contributed by atoms with Crippen LogP contribution in [0.1, 0.15) is 59.7 Å². The number of benzene rings is 3. The Morgan fingerprint density at radius 1 is 0.882 bits per heavy atom. The number of carbonyl (C=O) groups excluding carboxylic acids is 2. The monoisotopic (exact) mass is 691 g/mol. The Morgan fingerprint density at radius 2 is 1.61 bits per heavy atom. The Morgan fingerprint density at radius 3 is 2.29 bits per heavy atom. The summed E-state index contributed by atoms with van der Waals surface area (Å²) >= 11 is 0. The maximum absolute atomic E-state index is 13.7. The molecule has 2 amide bonds. The van der Waals surface area contributed by atoms with Gasteiger partial charge in [-0.05, 0) is 99.2 Å². The summed E-state index contributed by atoms with van der Waals surface area (Å²) in [7, 11) is 1.57. The Kier molecular flexibility index (Phi) is 11.7. The number of para-hydroxylation sites is 1. The summed E-state index contributed by atoms with van der Waals surface area (Å²) in [6.45, 7) is 13.1. The van der Waals surface area contributed by atoms with Crippen LogP contribution in [0.5, 0.6) is 17.4 Å². The van der Waals surface area contributed by atoms with Gasteiger partial charge in [0.1, 0.15) is 5.56 Å². The van der Waals surface area contributed by atoms with Crippen LogP contribution < -0.4 is 25.0 Å². The molecular weight excluding hydrogens is 642 g/mol. The van der Waals surface area contributed by atoms with E-state index >= 15 is 0 Å². The highest BCUT2D eigenvalue weighted by Crippen LogP contribution is 2.35. The maximum Gasteiger partial charge on any atom is 0.262 e. The number of likely N-dealkylation sites (tertiary alicyclic amines) is 1. The zero-order valence-electron chi connectivity index (χ0n) is 30.2. The van der Waals surface area contributed by atoms with Crippen molar-refractivity contribution in [2.45, 2.75) is 52.9 Å². The van der Waals surface area contributed by atoms with E-state index in [0.717, 1.165) is 86.7 Å². The van der Waals surface area contributed by atoms with Crippen molar-refractivity contribution in [3.05, 3.63) is 89.1 Å². The second kappa shape index (κ2) is 16.7. The maximum atomic E-state index is 13.7. The third-order valence-electron chi connectivity index (χ3n) is 9.64. The minimum Gasteiger partial charge on any atom is -0.493 e. The summed E-state index contributed by atoms with van der Waals surface area (Å²) in [6.07, 6.45) is 5.81. The number of hydrogen-bond acceptors (Lipinski definition) is 9. The standard InChI is InChI=1S/C40H49N7O4/c1-5-19-45-22-24-46(25-23-45)32-15-13-31(14-16-32)42-40-41-27-33(38(49)43-37-28(2)9-8-10-29(37)3)39(44-40)51-34-17-11-30(26-35(34)50-4)12-18-36(48)47-20-6-7-21-47/h8-11,13-17,26-27H,5-7,12,18-25H2,1-4H3,(H,43,49)(H,41,42,44). The molecule has 11 nitrogen and oxygen atoms in total. The van der Waals surface area contributed by atoms with Gasteiger partial charge in [0, 0.05) is 68.9 Å². The number of ether oxygens (including phenoxy) is 2. The van der Waals surface area contributed by atoms with Gasteiger partial charge in [-0.3, -0.25) is 14.5 Å². The van der Waals surface area contributed by atoms with E-state index in [9.17, 15) is 9.59 Å². The number of aromatic nitrogens is 2. The minimum atomic E-state index is -0.395. The van der Waals surface area contributed by atoms with Crippen LogP contribution in [0.2, 0.25) is 0 Å². The molecule has 0 aliphatic carbocycles. The zero-order valence-corrected chi connectivity index (χ0v) is 30.2. The SMILES string of the molecule is CCCN1CCN(c2ccc(Nc3ncc(C(=O)Nc4c(C)cccc4C)c(Oc4ccc(CCC(=O)N5CCCC5)cc4OC)n3)cc2)CC1. The second-order valence-corrected chi connectivity index (χ2v) is 13.3. The Bertz CT molecular complexity index is 1800. The molecule has 0 atom stereocenters. The highest BCUT2D eigenvalue weighted by molar-refractivity contribution is 6.06. The first-order valence-corrected chi connectivity index (χ1v) is 18.0. The number of amides is 2. The van der Waals surface area contributed by atoms with Crippen LogP contribution in [0.25, 0.3) is 0 Å². The summed E-state index contributed by atoms with van der Waals surface area (Å²) in [6, 6.07) is 19.7. The van der Waals surface area contributed by atoms with Crippen molar-refractivity contribution in [3.8, 4) is 17.4 Å². The molecule has 1 aromatic heterocycles. The number of rotatable bonds is 13. The second-order valence-electron chi connectivity index (χ2n) is 13.3. The van der Waals surface area contributed by atoms with Crippen LogP contribution in [0.3, 0.4) is 0 Å². The molecule has 2 saturated heterocycles. The van der Waals surface area contributed by atoms with Crippen LogP contribution in [-0.2, 0) is 11.2 Å². The van der Waals surface area contributed by atoms with E-state index in [-0.39, 0.29) is 23.3 Å². The first kappa shape index (κ1) is 35.7. The average Bonchev–Trinajstić information content (AvgIpc) is 3.69. The summed E-state index contributed by atoms with van der Waals surface area (Å²) in [5.41, 5.74) is 5.73. The molecule has 0 radical (unpaired) electrons. The van der Waals surface area contributed by atoms with E-state index < -0.39 is 5.91 Å². The summed E-state index contributed by atoms with van der Waals surface area (Å²) < 4.78 is 12.1. The first-order valence-electron chi connectivity index (χ1n) is 18.0. The Hall–Kier alpha value is -5.16. The van der Waals surface area contributed by atoms with E-state index in [1.54, 1.807) is 13.2 Å². The first-order chi connectivity index (χ1) is 24.8. The van der Waals surface area contributed by atoms with Gasteiger partial charge in [0.25, 0.3) is 5.91 Å². The zero-order chi connectivity index (χ0) is 35.7. The van der Waals surface area contributed by atoms with E-state index in [1.807, 2.05) is 61.2 Å². The van der Waals surface area contributed by atoms with Crippen LogP contribution in [0.15, 0.2) is 66.9 Å². The minimum absolute atomic E-state index is 0.0769. The molecule has 2 aliphatic heterocycles. The predicted molar refractivity (Wildman–Crippen MR) is 202 cm³/mol. The lowest BCUT2D eigenvalue weighted by molar-refractivity contribution is -0.130. The van der Waals surface area contributed by atoms with Gasteiger partial charge in [-0.2, -0.15) is 4.98 Å². The molecule has 3 aromatic carbocycles. The van der Waals surface area contributed by atoms with E-state index in [0.29, 0.717) is 24.3 Å². The molecule has 0 bridgehead atoms. The average molecular weight is 692 g/mol. The lowest BCUT2D eigenvalue weighted by Crippen LogP contribution is -2.46. The lowest BCUT2D eigenvalue weighted by atomic mass is 10.1. The number of carbonyl (C=O) groups is 2. The number of aryl methyl sites for hydroxylation is 3. The van der Waals surface area contributed by atoms with Crippen molar-refractivity contribution >= 4 is 34.8 Å². The molecule has 2 fully saturated rings. The topological polar surface area (TPSA) is 112 Å². The van der Waals surface area contributed by atoms with E-state index in [4.69, 9.17) is 9.47 Å². The van der Waals surface area contributed by atoms with Crippen molar-refractivity contribution in [1.82, 2.24) is 19.8 Å². The molecule has 11 heteroatoms.